The van der Waals surface area contributed by atoms with Gasteiger partial charge < -0.3 is 28.4 Å². The molecule has 0 aromatic heterocycles. The minimum atomic E-state index is -0.449. The van der Waals surface area contributed by atoms with E-state index in [0.29, 0.717) is 17.4 Å². The first kappa shape index (κ1) is 23.4. The fourth-order valence-electron chi connectivity index (χ4n) is 8.31. The number of hydrogen-bond donors (Lipinski definition) is 0. The molecule has 0 aromatic carbocycles. The van der Waals surface area contributed by atoms with Gasteiger partial charge in [0.1, 0.15) is 25.6 Å². The Hall–Kier alpha value is -1.97. The van der Waals surface area contributed by atoms with E-state index >= 15 is 0 Å². The molecule has 0 amide bonds. The van der Waals surface area contributed by atoms with E-state index in [0.717, 1.165) is 44.9 Å². The van der Waals surface area contributed by atoms with Crippen LogP contribution >= 0.6 is 0 Å². The minimum Gasteiger partial charge on any atom is -0.458 e. The highest BCUT2D eigenvalue weighted by Crippen LogP contribution is 2.60. The highest BCUT2D eigenvalue weighted by atomic mass is 16.7. The van der Waals surface area contributed by atoms with E-state index in [4.69, 9.17) is 28.4 Å². The molecule has 7 atom stereocenters. The molecule has 6 bridgehead atoms. The summed E-state index contributed by atoms with van der Waals surface area (Å²) in [4.78, 5) is 36.0. The highest BCUT2D eigenvalue weighted by molar-refractivity contribution is 5.86. The molecule has 35 heavy (non-hydrogen) atoms. The second-order valence-corrected chi connectivity index (χ2v) is 11.8. The smallest absolute Gasteiger partial charge is 0.335 e. The zero-order valence-corrected chi connectivity index (χ0v) is 20.2. The molecule has 1 aliphatic heterocycles. The highest BCUT2D eigenvalue weighted by Gasteiger charge is 2.63. The molecule has 1 heterocycles. The van der Waals surface area contributed by atoms with Crippen molar-refractivity contribution in [2.24, 2.45) is 29.6 Å². The molecular formula is C26H34O9. The molecule has 7 rings (SSSR count). The Kier molecular flexibility index (Phi) is 5.73. The molecule has 6 saturated carbocycles. The number of carbonyl (C=O) groups is 3. The Morgan fingerprint density at radius 1 is 1.03 bits per heavy atom. The third kappa shape index (κ3) is 4.19. The van der Waals surface area contributed by atoms with E-state index in [1.807, 2.05) is 0 Å². The second kappa shape index (κ2) is 8.56. The maximum Gasteiger partial charge on any atom is 0.335 e. The lowest BCUT2D eigenvalue weighted by molar-refractivity contribution is -0.272. The van der Waals surface area contributed by atoms with Crippen molar-refractivity contribution in [3.8, 4) is 0 Å². The topological polar surface area (TPSA) is 107 Å². The van der Waals surface area contributed by atoms with Crippen molar-refractivity contribution in [1.29, 1.82) is 0 Å². The average molecular weight is 491 g/mol. The molecule has 1 saturated heterocycles. The number of rotatable bonds is 10. The summed E-state index contributed by atoms with van der Waals surface area (Å²) in [5.74, 6) is 0.381. The van der Waals surface area contributed by atoms with Crippen molar-refractivity contribution in [1.82, 2.24) is 0 Å². The van der Waals surface area contributed by atoms with Crippen LogP contribution in [0.5, 0.6) is 0 Å². The normalized spacial score (nSPS) is 43.9. The Morgan fingerprint density at radius 3 is 2.40 bits per heavy atom. The van der Waals surface area contributed by atoms with Gasteiger partial charge in [0.15, 0.2) is 6.79 Å². The molecule has 6 aliphatic carbocycles. The van der Waals surface area contributed by atoms with Gasteiger partial charge in [-0.2, -0.15) is 0 Å². The summed E-state index contributed by atoms with van der Waals surface area (Å²) >= 11 is 0. The molecule has 7 fully saturated rings. The van der Waals surface area contributed by atoms with Gasteiger partial charge >= 0.3 is 17.9 Å². The van der Waals surface area contributed by atoms with E-state index in [-0.39, 0.29) is 67.3 Å². The third-order valence-electron chi connectivity index (χ3n) is 9.21. The molecule has 9 nitrogen and oxygen atoms in total. The van der Waals surface area contributed by atoms with E-state index in [2.05, 4.69) is 6.58 Å². The van der Waals surface area contributed by atoms with Gasteiger partial charge in [0.25, 0.3) is 0 Å². The summed E-state index contributed by atoms with van der Waals surface area (Å²) in [5, 5.41) is 0. The molecule has 0 aromatic rings. The fourth-order valence-corrected chi connectivity index (χ4v) is 8.31. The molecule has 0 spiro atoms. The van der Waals surface area contributed by atoms with Crippen LogP contribution in [0.2, 0.25) is 0 Å². The van der Waals surface area contributed by atoms with Gasteiger partial charge in [0.05, 0.1) is 17.1 Å². The van der Waals surface area contributed by atoms with Gasteiger partial charge in [-0.1, -0.05) is 6.58 Å². The van der Waals surface area contributed by atoms with Crippen LogP contribution < -0.4 is 0 Å². The zero-order valence-electron chi connectivity index (χ0n) is 20.2. The van der Waals surface area contributed by atoms with Crippen molar-refractivity contribution >= 4 is 17.9 Å². The summed E-state index contributed by atoms with van der Waals surface area (Å²) in [5.41, 5.74) is -0.343. The van der Waals surface area contributed by atoms with Crippen molar-refractivity contribution in [3.05, 3.63) is 12.2 Å². The standard InChI is InChI=1S/C26H34O9/c1-14(2)23(28)31-13-33-26-8-15-3-16(9-26)7-25(6-15,11-26)32-12-30-10-20(27)34-21-17-4-18-19(5-17)24(29)35-22(18)21/h15-19,21-22H,1,3-13H2,2H3. The van der Waals surface area contributed by atoms with E-state index in [1.54, 1.807) is 6.92 Å². The van der Waals surface area contributed by atoms with Gasteiger partial charge in [0.2, 0.25) is 0 Å². The zero-order chi connectivity index (χ0) is 24.4. The SMILES string of the molecule is C=C(C)C(=O)OCOC12CC3CC(CC(OCOCC(=O)OC4C5CC6C(=O)OC4C6C5)(C3)C1)C2. The summed E-state index contributed by atoms with van der Waals surface area (Å²) in [6.45, 7) is 4.95. The third-order valence-corrected chi connectivity index (χ3v) is 9.21. The number of fused-ring (bicyclic) bond motifs is 1. The van der Waals surface area contributed by atoms with Crippen LogP contribution in [0.15, 0.2) is 12.2 Å². The van der Waals surface area contributed by atoms with Gasteiger partial charge in [-0.25, -0.2) is 9.59 Å². The van der Waals surface area contributed by atoms with Crippen molar-refractivity contribution in [2.45, 2.75) is 81.7 Å². The molecule has 0 N–H and O–H groups in total. The monoisotopic (exact) mass is 490 g/mol. The first-order chi connectivity index (χ1) is 16.7. The number of hydrogen-bond acceptors (Lipinski definition) is 9. The van der Waals surface area contributed by atoms with Gasteiger partial charge in [-0.15, -0.1) is 0 Å². The Balaban J connectivity index is 0.975. The van der Waals surface area contributed by atoms with Crippen LogP contribution in [0.1, 0.15) is 58.3 Å². The van der Waals surface area contributed by atoms with Crippen molar-refractivity contribution in [3.63, 3.8) is 0 Å². The maximum absolute atomic E-state index is 12.4. The molecule has 7 unspecified atom stereocenters. The largest absolute Gasteiger partial charge is 0.458 e. The van der Waals surface area contributed by atoms with E-state index < -0.39 is 11.9 Å². The van der Waals surface area contributed by atoms with Crippen LogP contribution in [-0.4, -0.2) is 61.5 Å². The predicted octanol–water partition coefficient (Wildman–Crippen LogP) is 2.66. The lowest BCUT2D eigenvalue weighted by Crippen LogP contribution is -2.61. The first-order valence-corrected chi connectivity index (χ1v) is 12.8. The van der Waals surface area contributed by atoms with E-state index in [1.165, 1.54) is 6.42 Å². The Morgan fingerprint density at radius 2 is 1.71 bits per heavy atom. The fraction of sp³-hybridized carbons (Fsp3) is 0.808. The summed E-state index contributed by atoms with van der Waals surface area (Å²) < 4.78 is 34.3. The number of carbonyl (C=O) groups excluding carboxylic acids is 3. The molecule has 9 heteroatoms. The number of esters is 3. The maximum atomic E-state index is 12.4. The number of ether oxygens (including phenoxy) is 6. The summed E-state index contributed by atoms with van der Waals surface area (Å²) in [6.07, 6.45) is 6.71. The van der Waals surface area contributed by atoms with Gasteiger partial charge in [-0.05, 0) is 63.7 Å². The van der Waals surface area contributed by atoms with Gasteiger partial charge in [0, 0.05) is 23.8 Å². The molecule has 7 aliphatic rings. The van der Waals surface area contributed by atoms with E-state index in [9.17, 15) is 14.4 Å². The molecule has 0 radical (unpaired) electrons. The summed E-state index contributed by atoms with van der Waals surface area (Å²) in [7, 11) is 0. The van der Waals surface area contributed by atoms with Crippen LogP contribution in [0.4, 0.5) is 0 Å². The van der Waals surface area contributed by atoms with Crippen LogP contribution in [0.3, 0.4) is 0 Å². The Labute approximate surface area is 204 Å². The second-order valence-electron chi connectivity index (χ2n) is 11.8. The lowest BCUT2D eigenvalue weighted by Gasteiger charge is -2.60. The first-order valence-electron chi connectivity index (χ1n) is 12.8. The van der Waals surface area contributed by atoms with Crippen LogP contribution in [0.25, 0.3) is 0 Å². The van der Waals surface area contributed by atoms with Crippen molar-refractivity contribution < 1.29 is 42.8 Å². The van der Waals surface area contributed by atoms with Crippen LogP contribution in [-0.2, 0) is 42.8 Å². The van der Waals surface area contributed by atoms with Crippen molar-refractivity contribution in [2.75, 3.05) is 20.2 Å². The van der Waals surface area contributed by atoms with Crippen LogP contribution in [0, 0.1) is 29.6 Å². The minimum absolute atomic E-state index is 0.00434. The predicted molar refractivity (Wildman–Crippen MR) is 118 cm³/mol. The molecular weight excluding hydrogens is 456 g/mol. The molecule has 192 valence electrons. The van der Waals surface area contributed by atoms with Gasteiger partial charge in [-0.3, -0.25) is 4.79 Å². The quantitative estimate of drug-likeness (QED) is 0.150. The lowest BCUT2D eigenvalue weighted by atomic mass is 9.52. The average Bonchev–Trinajstić information content (AvgIpc) is 3.41. The summed E-state index contributed by atoms with van der Waals surface area (Å²) in [6, 6.07) is 0. The Bertz CT molecular complexity index is 914.